The van der Waals surface area contributed by atoms with Gasteiger partial charge in [0.1, 0.15) is 12.2 Å². The van der Waals surface area contributed by atoms with Crippen molar-refractivity contribution in [3.63, 3.8) is 0 Å². The highest BCUT2D eigenvalue weighted by Gasteiger charge is 2.30. The molecule has 2 unspecified atom stereocenters. The molecule has 2 aliphatic rings. The SMILES string of the molecule is CC1CN(Cc2cccc(CN3CC(CN)OC3=O)c2)C(=O)O1. The molecule has 124 valence electrons. The molecule has 2 amide bonds. The molecule has 0 radical (unpaired) electrons. The summed E-state index contributed by atoms with van der Waals surface area (Å²) in [6.45, 7) is 4.30. The molecule has 0 saturated carbocycles. The summed E-state index contributed by atoms with van der Waals surface area (Å²) < 4.78 is 10.3. The van der Waals surface area contributed by atoms with Crippen molar-refractivity contribution in [2.45, 2.75) is 32.2 Å². The summed E-state index contributed by atoms with van der Waals surface area (Å²) >= 11 is 0. The average Bonchev–Trinajstić information content (AvgIpc) is 3.02. The van der Waals surface area contributed by atoms with E-state index in [2.05, 4.69) is 0 Å². The maximum Gasteiger partial charge on any atom is 0.410 e. The fraction of sp³-hybridized carbons (Fsp3) is 0.500. The Kier molecular flexibility index (Phi) is 4.38. The van der Waals surface area contributed by atoms with Crippen molar-refractivity contribution in [1.82, 2.24) is 9.80 Å². The molecule has 1 aromatic rings. The maximum atomic E-state index is 11.8. The van der Waals surface area contributed by atoms with E-state index >= 15 is 0 Å². The van der Waals surface area contributed by atoms with Crippen LogP contribution in [0.5, 0.6) is 0 Å². The van der Waals surface area contributed by atoms with Gasteiger partial charge in [0, 0.05) is 19.6 Å². The predicted molar refractivity (Wildman–Crippen MR) is 82.5 cm³/mol. The first kappa shape index (κ1) is 15.6. The Balaban J connectivity index is 1.64. The molecule has 0 aromatic heterocycles. The minimum absolute atomic E-state index is 0.0711. The zero-order valence-electron chi connectivity index (χ0n) is 13.1. The number of rotatable bonds is 5. The van der Waals surface area contributed by atoms with Crippen LogP contribution in [0.15, 0.2) is 24.3 Å². The van der Waals surface area contributed by atoms with Gasteiger partial charge in [-0.05, 0) is 18.1 Å². The van der Waals surface area contributed by atoms with Gasteiger partial charge < -0.3 is 25.0 Å². The molecule has 2 aliphatic heterocycles. The highest BCUT2D eigenvalue weighted by Crippen LogP contribution is 2.18. The number of nitrogens with zero attached hydrogens (tertiary/aromatic N) is 2. The van der Waals surface area contributed by atoms with E-state index in [0.29, 0.717) is 32.7 Å². The van der Waals surface area contributed by atoms with Gasteiger partial charge >= 0.3 is 12.2 Å². The molecule has 0 aliphatic carbocycles. The summed E-state index contributed by atoms with van der Waals surface area (Å²) in [5.41, 5.74) is 7.55. The van der Waals surface area contributed by atoms with Gasteiger partial charge in [-0.15, -0.1) is 0 Å². The van der Waals surface area contributed by atoms with Crippen molar-refractivity contribution in [3.05, 3.63) is 35.4 Å². The molecule has 7 nitrogen and oxygen atoms in total. The molecule has 2 heterocycles. The lowest BCUT2D eigenvalue weighted by Crippen LogP contribution is -2.27. The standard InChI is InChI=1S/C16H21N3O4/c1-11-7-18(15(20)22-11)8-12-3-2-4-13(5-12)9-19-10-14(6-17)23-16(19)21/h2-5,11,14H,6-10,17H2,1H3. The van der Waals surface area contributed by atoms with Gasteiger partial charge in [-0.25, -0.2) is 9.59 Å². The van der Waals surface area contributed by atoms with Crippen molar-refractivity contribution in [2.24, 2.45) is 5.73 Å². The van der Waals surface area contributed by atoms with Crippen LogP contribution in [-0.4, -0.2) is 53.8 Å². The van der Waals surface area contributed by atoms with Crippen LogP contribution < -0.4 is 5.73 Å². The second-order valence-corrected chi connectivity index (χ2v) is 6.02. The highest BCUT2D eigenvalue weighted by atomic mass is 16.6. The molecule has 1 aromatic carbocycles. The summed E-state index contributed by atoms with van der Waals surface area (Å²) in [5, 5.41) is 0. The maximum absolute atomic E-state index is 11.8. The van der Waals surface area contributed by atoms with Gasteiger partial charge in [0.05, 0.1) is 13.1 Å². The minimum atomic E-state index is -0.331. The van der Waals surface area contributed by atoms with E-state index in [1.165, 1.54) is 0 Å². The van der Waals surface area contributed by atoms with Gasteiger partial charge in [0.25, 0.3) is 0 Å². The lowest BCUT2D eigenvalue weighted by atomic mass is 10.1. The largest absolute Gasteiger partial charge is 0.444 e. The van der Waals surface area contributed by atoms with Crippen molar-refractivity contribution in [3.8, 4) is 0 Å². The van der Waals surface area contributed by atoms with Crippen LogP contribution in [-0.2, 0) is 22.6 Å². The van der Waals surface area contributed by atoms with Crippen LogP contribution >= 0.6 is 0 Å². The monoisotopic (exact) mass is 319 g/mol. The number of ether oxygens (including phenoxy) is 2. The second-order valence-electron chi connectivity index (χ2n) is 6.02. The van der Waals surface area contributed by atoms with Crippen LogP contribution in [0, 0.1) is 0 Å². The Morgan fingerprint density at radius 1 is 1.09 bits per heavy atom. The Morgan fingerprint density at radius 2 is 1.70 bits per heavy atom. The molecule has 0 spiro atoms. The molecule has 2 atom stereocenters. The number of carbonyl (C=O) groups is 2. The Morgan fingerprint density at radius 3 is 2.22 bits per heavy atom. The quantitative estimate of drug-likeness (QED) is 0.884. The normalized spacial score (nSPS) is 24.1. The Labute approximate surface area is 134 Å². The van der Waals surface area contributed by atoms with Gasteiger partial charge in [-0.1, -0.05) is 24.3 Å². The predicted octanol–water partition coefficient (Wildman–Crippen LogP) is 1.31. The van der Waals surface area contributed by atoms with Gasteiger partial charge in [0.15, 0.2) is 0 Å². The highest BCUT2D eigenvalue weighted by molar-refractivity contribution is 5.70. The van der Waals surface area contributed by atoms with Crippen molar-refractivity contribution < 1.29 is 19.1 Å². The van der Waals surface area contributed by atoms with Crippen molar-refractivity contribution >= 4 is 12.2 Å². The molecule has 2 saturated heterocycles. The van der Waals surface area contributed by atoms with Crippen LogP contribution in [0.2, 0.25) is 0 Å². The molecular weight excluding hydrogens is 298 g/mol. The lowest BCUT2D eigenvalue weighted by Gasteiger charge is -2.16. The zero-order chi connectivity index (χ0) is 16.4. The topological polar surface area (TPSA) is 85.1 Å². The molecule has 2 fully saturated rings. The lowest BCUT2D eigenvalue weighted by molar-refractivity contribution is 0.134. The average molecular weight is 319 g/mol. The third kappa shape index (κ3) is 3.56. The van der Waals surface area contributed by atoms with E-state index in [1.807, 2.05) is 31.2 Å². The van der Waals surface area contributed by atoms with E-state index in [1.54, 1.807) is 9.80 Å². The van der Waals surface area contributed by atoms with E-state index in [0.717, 1.165) is 11.1 Å². The number of hydrogen-bond donors (Lipinski definition) is 1. The van der Waals surface area contributed by atoms with Crippen molar-refractivity contribution in [2.75, 3.05) is 19.6 Å². The van der Waals surface area contributed by atoms with Crippen LogP contribution in [0.4, 0.5) is 9.59 Å². The molecule has 3 rings (SSSR count). The number of benzene rings is 1. The molecule has 2 N–H and O–H groups in total. The molecule has 0 bridgehead atoms. The summed E-state index contributed by atoms with van der Waals surface area (Å²) in [6.07, 6.45) is -0.913. The fourth-order valence-electron chi connectivity index (χ4n) is 2.89. The Bertz CT molecular complexity index is 607. The van der Waals surface area contributed by atoms with E-state index in [9.17, 15) is 9.59 Å². The number of hydrogen-bond acceptors (Lipinski definition) is 5. The van der Waals surface area contributed by atoms with Crippen LogP contribution in [0.1, 0.15) is 18.1 Å². The number of cyclic esters (lactones) is 2. The van der Waals surface area contributed by atoms with E-state index in [-0.39, 0.29) is 24.4 Å². The minimum Gasteiger partial charge on any atom is -0.444 e. The summed E-state index contributed by atoms with van der Waals surface area (Å²) in [6, 6.07) is 7.85. The van der Waals surface area contributed by atoms with Crippen molar-refractivity contribution in [1.29, 1.82) is 0 Å². The van der Waals surface area contributed by atoms with E-state index in [4.69, 9.17) is 15.2 Å². The number of nitrogens with two attached hydrogens (primary N) is 1. The zero-order valence-corrected chi connectivity index (χ0v) is 13.1. The first-order valence-corrected chi connectivity index (χ1v) is 7.74. The first-order valence-electron chi connectivity index (χ1n) is 7.74. The molecular formula is C16H21N3O4. The summed E-state index contributed by atoms with van der Waals surface area (Å²) in [7, 11) is 0. The molecule has 7 heteroatoms. The second kappa shape index (κ2) is 6.45. The number of carbonyl (C=O) groups excluding carboxylic acids is 2. The van der Waals surface area contributed by atoms with Gasteiger partial charge in [-0.2, -0.15) is 0 Å². The number of amides is 2. The van der Waals surface area contributed by atoms with Crippen LogP contribution in [0.25, 0.3) is 0 Å². The van der Waals surface area contributed by atoms with Crippen LogP contribution in [0.3, 0.4) is 0 Å². The van der Waals surface area contributed by atoms with Gasteiger partial charge in [0.2, 0.25) is 0 Å². The fourth-order valence-corrected chi connectivity index (χ4v) is 2.89. The summed E-state index contributed by atoms with van der Waals surface area (Å²) in [5.74, 6) is 0. The van der Waals surface area contributed by atoms with Gasteiger partial charge in [-0.3, -0.25) is 0 Å². The Hall–Kier alpha value is -2.28. The summed E-state index contributed by atoms with van der Waals surface area (Å²) in [4.78, 5) is 26.8. The first-order chi connectivity index (χ1) is 11.0. The third-order valence-corrected chi connectivity index (χ3v) is 3.99. The third-order valence-electron chi connectivity index (χ3n) is 3.99. The van der Waals surface area contributed by atoms with E-state index < -0.39 is 0 Å². The smallest absolute Gasteiger partial charge is 0.410 e. The molecule has 23 heavy (non-hydrogen) atoms.